The molecular formula is C14H26FN5. The molecule has 1 rings (SSSR count). The number of aromatic nitrogens is 2. The van der Waals surface area contributed by atoms with Crippen LogP contribution in [0.2, 0.25) is 0 Å². The number of nitrogens with zero attached hydrogens (tertiary/aromatic N) is 4. The Morgan fingerprint density at radius 2 is 2.05 bits per heavy atom. The molecular weight excluding hydrogens is 257 g/mol. The summed E-state index contributed by atoms with van der Waals surface area (Å²) >= 11 is 0. The quantitative estimate of drug-likeness (QED) is 0.792. The van der Waals surface area contributed by atoms with Gasteiger partial charge in [-0.05, 0) is 34.4 Å². The van der Waals surface area contributed by atoms with Crippen LogP contribution in [-0.4, -0.2) is 54.6 Å². The molecule has 0 aliphatic rings. The Balaban J connectivity index is 2.95. The summed E-state index contributed by atoms with van der Waals surface area (Å²) in [5.41, 5.74) is 0. The van der Waals surface area contributed by atoms with E-state index >= 15 is 0 Å². The van der Waals surface area contributed by atoms with Crippen LogP contribution in [0.4, 0.5) is 16.2 Å². The molecule has 1 heterocycles. The van der Waals surface area contributed by atoms with E-state index in [2.05, 4.69) is 34.0 Å². The van der Waals surface area contributed by atoms with Crippen molar-refractivity contribution in [3.05, 3.63) is 12.0 Å². The lowest BCUT2D eigenvalue weighted by molar-refractivity contribution is 0.370. The molecule has 0 fully saturated rings. The van der Waals surface area contributed by atoms with Crippen molar-refractivity contribution in [1.82, 2.24) is 14.9 Å². The molecule has 0 bridgehead atoms. The van der Waals surface area contributed by atoms with E-state index in [0.717, 1.165) is 19.5 Å². The highest BCUT2D eigenvalue weighted by Crippen LogP contribution is 2.19. The summed E-state index contributed by atoms with van der Waals surface area (Å²) in [4.78, 5) is 12.4. The zero-order valence-corrected chi connectivity index (χ0v) is 13.1. The highest BCUT2D eigenvalue weighted by atomic mass is 19.1. The van der Waals surface area contributed by atoms with Crippen molar-refractivity contribution < 1.29 is 4.39 Å². The normalized spacial score (nSPS) is 12.6. The summed E-state index contributed by atoms with van der Waals surface area (Å²) in [6, 6.07) is 0.179. The van der Waals surface area contributed by atoms with Gasteiger partial charge >= 0.3 is 0 Å². The third-order valence-electron chi connectivity index (χ3n) is 3.03. The van der Waals surface area contributed by atoms with E-state index in [0.29, 0.717) is 18.3 Å². The first-order valence-corrected chi connectivity index (χ1v) is 7.17. The molecule has 20 heavy (non-hydrogen) atoms. The molecule has 0 radical (unpaired) electrons. The Morgan fingerprint density at radius 3 is 2.60 bits per heavy atom. The summed E-state index contributed by atoms with van der Waals surface area (Å²) in [7, 11) is 4.02. The third-order valence-corrected chi connectivity index (χ3v) is 3.03. The lowest BCUT2D eigenvalue weighted by Gasteiger charge is -2.31. The second kappa shape index (κ2) is 7.99. The van der Waals surface area contributed by atoms with E-state index in [1.165, 1.54) is 6.20 Å². The molecule has 1 aromatic heterocycles. The Bertz CT molecular complexity index is 411. The number of rotatable bonds is 8. The van der Waals surface area contributed by atoms with Crippen LogP contribution in [0.15, 0.2) is 6.20 Å². The van der Waals surface area contributed by atoms with E-state index in [1.54, 1.807) is 0 Å². The van der Waals surface area contributed by atoms with Gasteiger partial charge in [0.15, 0.2) is 11.6 Å². The van der Waals surface area contributed by atoms with Crippen LogP contribution < -0.4 is 10.2 Å². The molecule has 5 nitrogen and oxygen atoms in total. The van der Waals surface area contributed by atoms with E-state index in [9.17, 15) is 4.39 Å². The predicted molar refractivity (Wildman–Crippen MR) is 81.8 cm³/mol. The van der Waals surface area contributed by atoms with E-state index in [1.807, 2.05) is 25.9 Å². The van der Waals surface area contributed by atoms with Crippen molar-refractivity contribution in [2.24, 2.45) is 0 Å². The topological polar surface area (TPSA) is 44.3 Å². The number of nitrogens with one attached hydrogen (secondary N) is 1. The lowest BCUT2D eigenvalue weighted by Crippen LogP contribution is -2.41. The fourth-order valence-electron chi connectivity index (χ4n) is 2.18. The smallest absolute Gasteiger partial charge is 0.224 e. The van der Waals surface area contributed by atoms with Gasteiger partial charge in [0.05, 0.1) is 6.20 Å². The van der Waals surface area contributed by atoms with Gasteiger partial charge in [0.1, 0.15) is 0 Å². The standard InChI is InChI=1S/C14H26FN5/c1-6-8-16-14-17-9-12(15)13(18-14)20(7-2)11(3)10-19(4)5/h9,11H,6-8,10H2,1-5H3,(H,16,17,18). The van der Waals surface area contributed by atoms with Gasteiger partial charge in [-0.1, -0.05) is 6.92 Å². The minimum absolute atomic E-state index is 0.179. The molecule has 0 amide bonds. The van der Waals surface area contributed by atoms with E-state index in [-0.39, 0.29) is 11.9 Å². The van der Waals surface area contributed by atoms with Crippen LogP contribution in [0.1, 0.15) is 27.2 Å². The number of halogens is 1. The average Bonchev–Trinajstić information content (AvgIpc) is 2.39. The highest BCUT2D eigenvalue weighted by molar-refractivity contribution is 5.44. The lowest BCUT2D eigenvalue weighted by atomic mass is 10.2. The first-order valence-electron chi connectivity index (χ1n) is 7.17. The Morgan fingerprint density at radius 1 is 1.35 bits per heavy atom. The minimum Gasteiger partial charge on any atom is -0.354 e. The molecule has 1 N–H and O–H groups in total. The number of hydrogen-bond donors (Lipinski definition) is 1. The Labute approximate surface area is 121 Å². The molecule has 0 aliphatic carbocycles. The first kappa shape index (κ1) is 16.6. The van der Waals surface area contributed by atoms with Crippen LogP contribution in [0.3, 0.4) is 0 Å². The number of hydrogen-bond acceptors (Lipinski definition) is 5. The molecule has 0 aliphatic heterocycles. The summed E-state index contributed by atoms with van der Waals surface area (Å²) < 4.78 is 14.0. The van der Waals surface area contributed by atoms with E-state index in [4.69, 9.17) is 0 Å². The first-order chi connectivity index (χ1) is 9.49. The molecule has 1 atom stereocenters. The van der Waals surface area contributed by atoms with Gasteiger partial charge in [0.2, 0.25) is 5.95 Å². The van der Waals surface area contributed by atoms with Crippen molar-refractivity contribution in [3.63, 3.8) is 0 Å². The van der Waals surface area contributed by atoms with Gasteiger partial charge < -0.3 is 15.1 Å². The Kier molecular flexibility index (Phi) is 6.64. The molecule has 0 saturated carbocycles. The molecule has 1 aromatic rings. The maximum Gasteiger partial charge on any atom is 0.224 e. The molecule has 114 valence electrons. The van der Waals surface area contributed by atoms with Gasteiger partial charge in [0.25, 0.3) is 0 Å². The van der Waals surface area contributed by atoms with Gasteiger partial charge in [-0.3, -0.25) is 0 Å². The van der Waals surface area contributed by atoms with Crippen molar-refractivity contribution in [3.8, 4) is 0 Å². The van der Waals surface area contributed by atoms with Crippen LogP contribution >= 0.6 is 0 Å². The summed E-state index contributed by atoms with van der Waals surface area (Å²) in [6.07, 6.45) is 2.22. The minimum atomic E-state index is -0.375. The van der Waals surface area contributed by atoms with Gasteiger partial charge in [-0.25, -0.2) is 9.37 Å². The molecule has 0 spiro atoms. The van der Waals surface area contributed by atoms with Crippen LogP contribution in [0.25, 0.3) is 0 Å². The van der Waals surface area contributed by atoms with Gasteiger partial charge in [-0.2, -0.15) is 4.98 Å². The van der Waals surface area contributed by atoms with Crippen molar-refractivity contribution in [1.29, 1.82) is 0 Å². The number of anilines is 2. The van der Waals surface area contributed by atoms with Crippen LogP contribution in [0, 0.1) is 5.82 Å². The Hall–Kier alpha value is -1.43. The third kappa shape index (κ3) is 4.59. The average molecular weight is 283 g/mol. The second-order valence-electron chi connectivity index (χ2n) is 5.19. The summed E-state index contributed by atoms with van der Waals surface area (Å²) in [5.74, 6) is 0.480. The molecule has 0 saturated heterocycles. The fourth-order valence-corrected chi connectivity index (χ4v) is 2.18. The zero-order valence-electron chi connectivity index (χ0n) is 13.1. The van der Waals surface area contributed by atoms with Crippen LogP contribution in [0.5, 0.6) is 0 Å². The van der Waals surface area contributed by atoms with Crippen LogP contribution in [-0.2, 0) is 0 Å². The van der Waals surface area contributed by atoms with E-state index < -0.39 is 0 Å². The monoisotopic (exact) mass is 283 g/mol. The summed E-state index contributed by atoms with van der Waals surface area (Å²) in [5, 5.41) is 3.09. The fraction of sp³-hybridized carbons (Fsp3) is 0.714. The maximum atomic E-state index is 14.0. The number of likely N-dealkylation sites (N-methyl/N-ethyl adjacent to an activating group) is 2. The molecule has 0 aromatic carbocycles. The van der Waals surface area contributed by atoms with Crippen molar-refractivity contribution in [2.45, 2.75) is 33.2 Å². The largest absolute Gasteiger partial charge is 0.354 e. The summed E-state index contributed by atoms with van der Waals surface area (Å²) in [6.45, 7) is 8.47. The zero-order chi connectivity index (χ0) is 15.1. The second-order valence-corrected chi connectivity index (χ2v) is 5.19. The predicted octanol–water partition coefficient (Wildman–Crippen LogP) is 2.21. The van der Waals surface area contributed by atoms with Gasteiger partial charge in [-0.15, -0.1) is 0 Å². The molecule has 6 heteroatoms. The molecule has 1 unspecified atom stereocenters. The van der Waals surface area contributed by atoms with Crippen molar-refractivity contribution in [2.75, 3.05) is 43.9 Å². The highest BCUT2D eigenvalue weighted by Gasteiger charge is 2.19. The van der Waals surface area contributed by atoms with Gasteiger partial charge in [0, 0.05) is 25.7 Å². The SMILES string of the molecule is CCCNc1ncc(F)c(N(CC)C(C)CN(C)C)n1. The van der Waals surface area contributed by atoms with Crippen molar-refractivity contribution >= 4 is 11.8 Å². The maximum absolute atomic E-state index is 14.0.